The fourth-order valence-corrected chi connectivity index (χ4v) is 2.18. The van der Waals surface area contributed by atoms with Gasteiger partial charge in [-0.1, -0.05) is 0 Å². The smallest absolute Gasteiger partial charge is 0.334 e. The van der Waals surface area contributed by atoms with Crippen LogP contribution in [0.5, 0.6) is 0 Å². The molecule has 1 fully saturated rings. The van der Waals surface area contributed by atoms with Crippen molar-refractivity contribution in [3.8, 4) is 0 Å². The minimum atomic E-state index is -0.847. The Morgan fingerprint density at radius 3 is 2.74 bits per heavy atom. The highest BCUT2D eigenvalue weighted by atomic mass is 16.5. The number of nitrogens with zero attached hydrogens (tertiary/aromatic N) is 2. The van der Waals surface area contributed by atoms with Gasteiger partial charge in [0.1, 0.15) is 12.3 Å². The molecular formula is C11H17N3O5. The number of ether oxygens (including phenoxy) is 1. The number of aryl methyl sites for hydroxylation is 1. The third-order valence-electron chi connectivity index (χ3n) is 3.24. The molecule has 3 atom stereocenters. The van der Waals surface area contributed by atoms with E-state index in [0.717, 1.165) is 4.57 Å². The molecule has 1 aliphatic rings. The first-order valence-electron chi connectivity index (χ1n) is 5.96. The van der Waals surface area contributed by atoms with Crippen molar-refractivity contribution >= 4 is 0 Å². The van der Waals surface area contributed by atoms with E-state index in [0.29, 0.717) is 5.56 Å². The van der Waals surface area contributed by atoms with Gasteiger partial charge in [-0.25, -0.2) is 9.36 Å². The number of aromatic nitrogens is 2. The van der Waals surface area contributed by atoms with Gasteiger partial charge in [0.25, 0.3) is 5.56 Å². The van der Waals surface area contributed by atoms with Crippen LogP contribution in [-0.2, 0) is 11.4 Å². The number of aliphatic hydroxyl groups is 2. The minimum Gasteiger partial charge on any atom is -0.394 e. The maximum Gasteiger partial charge on any atom is 0.334 e. The van der Waals surface area contributed by atoms with E-state index in [1.54, 1.807) is 6.92 Å². The fourth-order valence-electron chi connectivity index (χ4n) is 2.18. The highest BCUT2D eigenvalue weighted by Crippen LogP contribution is 2.27. The Morgan fingerprint density at radius 2 is 2.21 bits per heavy atom. The van der Waals surface area contributed by atoms with E-state index in [2.05, 4.69) is 0 Å². The first-order chi connectivity index (χ1) is 8.99. The Hall–Kier alpha value is -1.48. The fraction of sp³-hybridized carbons (Fsp3) is 0.636. The van der Waals surface area contributed by atoms with Crippen molar-refractivity contribution in [3.05, 3.63) is 32.6 Å². The molecule has 1 unspecified atom stereocenters. The van der Waals surface area contributed by atoms with E-state index in [1.165, 1.54) is 10.8 Å². The lowest BCUT2D eigenvalue weighted by Crippen LogP contribution is -2.43. The van der Waals surface area contributed by atoms with Crippen LogP contribution in [0, 0.1) is 6.92 Å². The van der Waals surface area contributed by atoms with Crippen LogP contribution in [-0.4, -0.2) is 38.2 Å². The SMILES string of the molecule is Cc1cn([C@H]2CC(O)[C@@H](CO)O2)c(=O)n(CN)c1=O. The molecule has 1 aromatic rings. The van der Waals surface area contributed by atoms with Crippen LogP contribution in [0.15, 0.2) is 15.8 Å². The summed E-state index contributed by atoms with van der Waals surface area (Å²) in [5, 5.41) is 18.7. The zero-order valence-electron chi connectivity index (χ0n) is 10.5. The predicted molar refractivity (Wildman–Crippen MR) is 65.5 cm³/mol. The monoisotopic (exact) mass is 271 g/mol. The molecule has 1 saturated heterocycles. The number of rotatable bonds is 3. The molecule has 2 heterocycles. The van der Waals surface area contributed by atoms with Crippen LogP contribution in [0.1, 0.15) is 18.2 Å². The van der Waals surface area contributed by atoms with Gasteiger partial charge in [0.05, 0.1) is 19.4 Å². The highest BCUT2D eigenvalue weighted by molar-refractivity contribution is 5.03. The summed E-state index contributed by atoms with van der Waals surface area (Å²) in [6.07, 6.45) is -0.728. The Kier molecular flexibility index (Phi) is 3.85. The van der Waals surface area contributed by atoms with Crippen molar-refractivity contribution in [3.63, 3.8) is 0 Å². The maximum absolute atomic E-state index is 12.1. The molecule has 0 bridgehead atoms. The lowest BCUT2D eigenvalue weighted by Gasteiger charge is -2.16. The summed E-state index contributed by atoms with van der Waals surface area (Å²) in [5.41, 5.74) is 4.71. The van der Waals surface area contributed by atoms with Crippen molar-refractivity contribution < 1.29 is 14.9 Å². The van der Waals surface area contributed by atoms with Gasteiger partial charge in [-0.05, 0) is 6.92 Å². The third kappa shape index (κ3) is 2.35. The summed E-state index contributed by atoms with van der Waals surface area (Å²) < 4.78 is 7.52. The van der Waals surface area contributed by atoms with Crippen molar-refractivity contribution in [2.75, 3.05) is 6.61 Å². The van der Waals surface area contributed by atoms with Gasteiger partial charge in [-0.3, -0.25) is 9.36 Å². The van der Waals surface area contributed by atoms with Crippen molar-refractivity contribution in [1.82, 2.24) is 9.13 Å². The van der Waals surface area contributed by atoms with E-state index in [-0.39, 0.29) is 19.7 Å². The zero-order chi connectivity index (χ0) is 14.2. The molecule has 1 aliphatic heterocycles. The second-order valence-electron chi connectivity index (χ2n) is 4.53. The summed E-state index contributed by atoms with van der Waals surface area (Å²) in [5.74, 6) is 0. The van der Waals surface area contributed by atoms with Gasteiger partial charge >= 0.3 is 5.69 Å². The van der Waals surface area contributed by atoms with Crippen LogP contribution >= 0.6 is 0 Å². The molecule has 4 N–H and O–H groups in total. The summed E-state index contributed by atoms with van der Waals surface area (Å²) in [6.45, 7) is 1.01. The van der Waals surface area contributed by atoms with Crippen molar-refractivity contribution in [1.29, 1.82) is 0 Å². The van der Waals surface area contributed by atoms with E-state index < -0.39 is 29.7 Å². The van der Waals surface area contributed by atoms with Crippen molar-refractivity contribution in [2.24, 2.45) is 5.73 Å². The van der Waals surface area contributed by atoms with E-state index in [4.69, 9.17) is 15.6 Å². The number of aliphatic hydroxyl groups excluding tert-OH is 2. The Labute approximate surface area is 108 Å². The van der Waals surface area contributed by atoms with Crippen LogP contribution in [0.2, 0.25) is 0 Å². The van der Waals surface area contributed by atoms with Crippen LogP contribution in [0.25, 0.3) is 0 Å². The molecule has 106 valence electrons. The molecule has 0 aliphatic carbocycles. The quantitative estimate of drug-likeness (QED) is 0.578. The molecule has 2 rings (SSSR count). The number of hydrogen-bond donors (Lipinski definition) is 3. The average Bonchev–Trinajstić information content (AvgIpc) is 2.75. The lowest BCUT2D eigenvalue weighted by molar-refractivity contribution is -0.0463. The van der Waals surface area contributed by atoms with Crippen molar-refractivity contribution in [2.45, 2.75) is 38.4 Å². The molecule has 0 amide bonds. The summed E-state index contributed by atoms with van der Waals surface area (Å²) in [6, 6.07) is 0. The molecule has 0 radical (unpaired) electrons. The Bertz CT molecular complexity index is 579. The van der Waals surface area contributed by atoms with Crippen LogP contribution < -0.4 is 17.0 Å². The predicted octanol–water partition coefficient (Wildman–Crippen LogP) is -2.12. The standard InChI is InChI=1S/C11H17N3O5/c1-6-3-13(11(18)14(5-12)10(6)17)9-2-7(16)8(4-15)19-9/h3,7-9,15-16H,2,4-5,12H2,1H3/t7?,8-,9-/m1/s1. The maximum atomic E-state index is 12.1. The second kappa shape index (κ2) is 5.25. The van der Waals surface area contributed by atoms with Gasteiger partial charge in [0, 0.05) is 18.2 Å². The molecule has 0 spiro atoms. The van der Waals surface area contributed by atoms with Crippen LogP contribution in [0.3, 0.4) is 0 Å². The Balaban J connectivity index is 2.45. The summed E-state index contributed by atoms with van der Waals surface area (Å²) in [7, 11) is 0. The van der Waals surface area contributed by atoms with E-state index >= 15 is 0 Å². The number of hydrogen-bond acceptors (Lipinski definition) is 6. The molecule has 0 aromatic carbocycles. The Morgan fingerprint density at radius 1 is 1.53 bits per heavy atom. The molecule has 8 nitrogen and oxygen atoms in total. The van der Waals surface area contributed by atoms with Crippen LogP contribution in [0.4, 0.5) is 0 Å². The molecule has 0 saturated carbocycles. The lowest BCUT2D eigenvalue weighted by atomic mass is 10.2. The van der Waals surface area contributed by atoms with Gasteiger partial charge < -0.3 is 20.7 Å². The normalized spacial score (nSPS) is 26.8. The van der Waals surface area contributed by atoms with E-state index in [1.807, 2.05) is 0 Å². The molecule has 8 heteroatoms. The minimum absolute atomic E-state index is 0.174. The number of nitrogens with two attached hydrogens (primary N) is 1. The zero-order valence-corrected chi connectivity index (χ0v) is 10.5. The molecule has 19 heavy (non-hydrogen) atoms. The van der Waals surface area contributed by atoms with Gasteiger partial charge in [-0.15, -0.1) is 0 Å². The summed E-state index contributed by atoms with van der Waals surface area (Å²) in [4.78, 5) is 23.8. The molecular weight excluding hydrogens is 254 g/mol. The first-order valence-corrected chi connectivity index (χ1v) is 5.96. The van der Waals surface area contributed by atoms with Gasteiger partial charge in [-0.2, -0.15) is 0 Å². The first kappa shape index (κ1) is 13.9. The molecule has 1 aromatic heterocycles. The van der Waals surface area contributed by atoms with Gasteiger partial charge in [0.15, 0.2) is 0 Å². The average molecular weight is 271 g/mol. The summed E-state index contributed by atoms with van der Waals surface area (Å²) >= 11 is 0. The van der Waals surface area contributed by atoms with Gasteiger partial charge in [0.2, 0.25) is 0 Å². The topological polar surface area (TPSA) is 120 Å². The highest BCUT2D eigenvalue weighted by Gasteiger charge is 2.35. The van der Waals surface area contributed by atoms with E-state index in [9.17, 15) is 14.7 Å². The second-order valence-corrected chi connectivity index (χ2v) is 4.53. The largest absolute Gasteiger partial charge is 0.394 e. The third-order valence-corrected chi connectivity index (χ3v) is 3.24.